The number of amides is 2. The predicted molar refractivity (Wildman–Crippen MR) is 103 cm³/mol. The summed E-state index contributed by atoms with van der Waals surface area (Å²) >= 11 is 12.2. The Morgan fingerprint density at radius 2 is 1.81 bits per heavy atom. The number of nitrogens with one attached hydrogen (secondary N) is 1. The molecule has 0 aliphatic carbocycles. The number of nitrogens with two attached hydrogens (primary N) is 1. The first-order valence-electron chi connectivity index (χ1n) is 7.74. The Morgan fingerprint density at radius 1 is 1.19 bits per heavy atom. The molecule has 138 valence electrons. The zero-order valence-corrected chi connectivity index (χ0v) is 15.6. The number of carbonyl (C=O) groups is 2. The highest BCUT2D eigenvalue weighted by Gasteiger charge is 2.13. The molecule has 0 aliphatic rings. The summed E-state index contributed by atoms with van der Waals surface area (Å²) < 4.78 is 5.15. The summed E-state index contributed by atoms with van der Waals surface area (Å²) in [6.45, 7) is -0.0833. The van der Waals surface area contributed by atoms with Gasteiger partial charge >= 0.3 is 0 Å². The first-order valence-corrected chi connectivity index (χ1v) is 8.50. The minimum Gasteiger partial charge on any atom is -0.481 e. The number of carbonyl (C=O) groups excluding carboxylic acids is 2. The molecule has 27 heavy (non-hydrogen) atoms. The van der Waals surface area contributed by atoms with E-state index in [1.54, 1.807) is 0 Å². The Labute approximate surface area is 166 Å². The summed E-state index contributed by atoms with van der Waals surface area (Å²) in [5.74, 6) is -1.10. The minimum absolute atomic E-state index is 0.0984. The second-order valence-corrected chi connectivity index (χ2v) is 6.22. The average molecular weight is 404 g/mol. The van der Waals surface area contributed by atoms with Crippen LogP contribution in [0.1, 0.15) is 11.1 Å². The minimum atomic E-state index is -0.673. The maximum atomic E-state index is 12.2. The number of hydrogen-bond donors (Lipinski definition) is 2. The van der Waals surface area contributed by atoms with Gasteiger partial charge in [0.05, 0.1) is 10.0 Å². The lowest BCUT2D eigenvalue weighted by Gasteiger charge is -2.09. The van der Waals surface area contributed by atoms with Crippen LogP contribution in [-0.2, 0) is 16.1 Å². The number of nitrogens with zero attached hydrogens (tertiary/aromatic N) is 1. The maximum Gasteiger partial charge on any atom is 0.262 e. The van der Waals surface area contributed by atoms with E-state index in [9.17, 15) is 14.9 Å². The molecule has 2 aromatic carbocycles. The number of hydrogen-bond acceptors (Lipinski definition) is 4. The van der Waals surface area contributed by atoms with Crippen LogP contribution in [0, 0.1) is 11.3 Å². The molecule has 8 heteroatoms. The van der Waals surface area contributed by atoms with Crippen molar-refractivity contribution in [2.75, 3.05) is 6.61 Å². The summed E-state index contributed by atoms with van der Waals surface area (Å²) in [7, 11) is 0. The first-order chi connectivity index (χ1) is 12.9. The SMILES string of the molecule is N#C/C(=C\c1cc(Cl)c(OCC(N)=O)c(Cl)c1)C(=O)NCc1ccccc1. The second kappa shape index (κ2) is 9.62. The molecule has 0 aromatic heterocycles. The van der Waals surface area contributed by atoms with Gasteiger partial charge < -0.3 is 15.8 Å². The fourth-order valence-electron chi connectivity index (χ4n) is 2.13. The van der Waals surface area contributed by atoms with Gasteiger partial charge in [-0.15, -0.1) is 0 Å². The molecule has 0 heterocycles. The number of rotatable bonds is 7. The van der Waals surface area contributed by atoms with Gasteiger partial charge in [-0.3, -0.25) is 9.59 Å². The largest absolute Gasteiger partial charge is 0.481 e. The standard InChI is InChI=1S/C19H15Cl2N3O3/c20-15-7-13(8-16(21)18(15)27-11-17(23)25)6-14(9-22)19(26)24-10-12-4-2-1-3-5-12/h1-8H,10-11H2,(H2,23,25)(H,24,26)/b14-6+. The smallest absolute Gasteiger partial charge is 0.262 e. The van der Waals surface area contributed by atoms with Crippen molar-refractivity contribution in [1.82, 2.24) is 5.32 Å². The summed E-state index contributed by atoms with van der Waals surface area (Å²) in [6, 6.07) is 14.1. The molecule has 2 aromatic rings. The third kappa shape index (κ3) is 6.03. The zero-order valence-electron chi connectivity index (χ0n) is 14.0. The van der Waals surface area contributed by atoms with E-state index in [0.717, 1.165) is 5.56 Å². The van der Waals surface area contributed by atoms with Gasteiger partial charge in [0.2, 0.25) is 0 Å². The van der Waals surface area contributed by atoms with Crippen LogP contribution in [0.5, 0.6) is 5.75 Å². The van der Waals surface area contributed by atoms with Crippen molar-refractivity contribution in [3.63, 3.8) is 0 Å². The maximum absolute atomic E-state index is 12.2. The molecule has 0 bridgehead atoms. The number of ether oxygens (including phenoxy) is 1. The average Bonchev–Trinajstić information content (AvgIpc) is 2.64. The Hall–Kier alpha value is -3.01. The lowest BCUT2D eigenvalue weighted by Crippen LogP contribution is -2.23. The van der Waals surface area contributed by atoms with Crippen molar-refractivity contribution in [1.29, 1.82) is 5.26 Å². The van der Waals surface area contributed by atoms with E-state index in [-0.39, 0.29) is 28.0 Å². The van der Waals surface area contributed by atoms with Crippen molar-refractivity contribution in [3.05, 3.63) is 69.2 Å². The van der Waals surface area contributed by atoms with E-state index in [4.69, 9.17) is 33.7 Å². The third-order valence-electron chi connectivity index (χ3n) is 3.35. The molecular formula is C19H15Cl2N3O3. The topological polar surface area (TPSA) is 105 Å². The lowest BCUT2D eigenvalue weighted by atomic mass is 10.1. The van der Waals surface area contributed by atoms with Gasteiger partial charge in [0.1, 0.15) is 11.6 Å². The summed E-state index contributed by atoms with van der Waals surface area (Å²) in [5, 5.41) is 12.2. The van der Waals surface area contributed by atoms with Crippen LogP contribution in [0.3, 0.4) is 0 Å². The second-order valence-electron chi connectivity index (χ2n) is 5.41. The summed E-state index contributed by atoms with van der Waals surface area (Å²) in [4.78, 5) is 23.0. The van der Waals surface area contributed by atoms with Crippen LogP contribution in [0.2, 0.25) is 10.0 Å². The van der Waals surface area contributed by atoms with Gasteiger partial charge in [-0.05, 0) is 29.3 Å². The first kappa shape index (κ1) is 20.3. The Morgan fingerprint density at radius 3 is 2.37 bits per heavy atom. The molecule has 0 aliphatic heterocycles. The van der Waals surface area contributed by atoms with Gasteiger partial charge in [0, 0.05) is 6.54 Å². The molecule has 2 amide bonds. The van der Waals surface area contributed by atoms with Gasteiger partial charge in [-0.25, -0.2) is 0 Å². The summed E-state index contributed by atoms with van der Waals surface area (Å²) in [5.41, 5.74) is 6.25. The van der Waals surface area contributed by atoms with Gasteiger partial charge in [-0.2, -0.15) is 5.26 Å². The van der Waals surface area contributed by atoms with Gasteiger partial charge in [0.15, 0.2) is 12.4 Å². The van der Waals surface area contributed by atoms with Crippen molar-refractivity contribution < 1.29 is 14.3 Å². The van der Waals surface area contributed by atoms with Crippen LogP contribution in [-0.4, -0.2) is 18.4 Å². The van der Waals surface area contributed by atoms with Gasteiger partial charge in [0.25, 0.3) is 11.8 Å². The Bertz CT molecular complexity index is 899. The number of halogens is 2. The van der Waals surface area contributed by atoms with Gasteiger partial charge in [-0.1, -0.05) is 53.5 Å². The Balaban J connectivity index is 2.15. The van der Waals surface area contributed by atoms with Crippen molar-refractivity contribution in [2.45, 2.75) is 6.54 Å². The normalized spacial score (nSPS) is 10.8. The van der Waals surface area contributed by atoms with Crippen LogP contribution in [0.15, 0.2) is 48.0 Å². The molecule has 3 N–H and O–H groups in total. The molecule has 6 nitrogen and oxygen atoms in total. The number of benzene rings is 2. The van der Waals surface area contributed by atoms with Crippen LogP contribution >= 0.6 is 23.2 Å². The van der Waals surface area contributed by atoms with Crippen LogP contribution < -0.4 is 15.8 Å². The molecule has 0 unspecified atom stereocenters. The fourth-order valence-corrected chi connectivity index (χ4v) is 2.75. The molecule has 0 saturated heterocycles. The van der Waals surface area contributed by atoms with E-state index in [1.165, 1.54) is 18.2 Å². The monoisotopic (exact) mass is 403 g/mol. The predicted octanol–water partition coefficient (Wildman–Crippen LogP) is 3.08. The number of primary amides is 1. The number of nitriles is 1. The highest BCUT2D eigenvalue weighted by Crippen LogP contribution is 2.34. The van der Waals surface area contributed by atoms with E-state index in [0.29, 0.717) is 12.1 Å². The molecule has 0 saturated carbocycles. The molecule has 2 rings (SSSR count). The van der Waals surface area contributed by atoms with E-state index in [1.807, 2.05) is 36.4 Å². The molecule has 0 radical (unpaired) electrons. The molecular weight excluding hydrogens is 389 g/mol. The quantitative estimate of drug-likeness (QED) is 0.547. The molecule has 0 fully saturated rings. The van der Waals surface area contributed by atoms with Crippen molar-refractivity contribution in [2.24, 2.45) is 5.73 Å². The molecule has 0 atom stereocenters. The van der Waals surface area contributed by atoms with E-state index >= 15 is 0 Å². The summed E-state index contributed by atoms with van der Waals surface area (Å²) in [6.07, 6.45) is 1.36. The highest BCUT2D eigenvalue weighted by atomic mass is 35.5. The lowest BCUT2D eigenvalue weighted by molar-refractivity contribution is -0.120. The third-order valence-corrected chi connectivity index (χ3v) is 3.91. The Kier molecular flexibility index (Phi) is 7.24. The van der Waals surface area contributed by atoms with Crippen LogP contribution in [0.25, 0.3) is 6.08 Å². The zero-order chi connectivity index (χ0) is 19.8. The van der Waals surface area contributed by atoms with E-state index in [2.05, 4.69) is 5.32 Å². The van der Waals surface area contributed by atoms with Crippen molar-refractivity contribution >= 4 is 41.1 Å². The molecule has 0 spiro atoms. The van der Waals surface area contributed by atoms with Crippen molar-refractivity contribution in [3.8, 4) is 11.8 Å². The van der Waals surface area contributed by atoms with E-state index < -0.39 is 11.8 Å². The highest BCUT2D eigenvalue weighted by molar-refractivity contribution is 6.37. The van der Waals surface area contributed by atoms with Crippen LogP contribution in [0.4, 0.5) is 0 Å². The fraction of sp³-hybridized carbons (Fsp3) is 0.105.